The Morgan fingerprint density at radius 1 is 0.950 bits per heavy atom. The van der Waals surface area contributed by atoms with Gasteiger partial charge in [-0.25, -0.2) is 4.79 Å². The van der Waals surface area contributed by atoms with E-state index in [2.05, 4.69) is 5.32 Å². The van der Waals surface area contributed by atoms with Crippen LogP contribution < -0.4 is 5.32 Å². The maximum Gasteiger partial charge on any atom is 0.328 e. The predicted molar refractivity (Wildman–Crippen MR) is 75.6 cm³/mol. The Balaban J connectivity index is 2.35. The SMILES string of the molecule is O=C(O)/C=C1\c2ccccc2NC(=O)c2ccccc21. The molecule has 0 radical (unpaired) electrons. The molecule has 1 amide bonds. The molecule has 20 heavy (non-hydrogen) atoms. The Labute approximate surface area is 115 Å². The van der Waals surface area contributed by atoms with E-state index in [1.165, 1.54) is 0 Å². The fourth-order valence-electron chi connectivity index (χ4n) is 2.36. The molecule has 1 aliphatic rings. The lowest BCUT2D eigenvalue weighted by molar-refractivity contribution is -0.131. The highest BCUT2D eigenvalue weighted by Crippen LogP contribution is 2.34. The van der Waals surface area contributed by atoms with Crippen LogP contribution in [0.15, 0.2) is 54.6 Å². The highest BCUT2D eigenvalue weighted by molar-refractivity contribution is 6.14. The third-order valence-electron chi connectivity index (χ3n) is 3.20. The Hall–Kier alpha value is -2.88. The number of rotatable bonds is 1. The van der Waals surface area contributed by atoms with Gasteiger partial charge >= 0.3 is 5.97 Å². The summed E-state index contributed by atoms with van der Waals surface area (Å²) in [5.74, 6) is -1.28. The average molecular weight is 265 g/mol. The molecule has 2 N–H and O–H groups in total. The molecule has 2 aromatic rings. The highest BCUT2D eigenvalue weighted by atomic mass is 16.4. The maximum absolute atomic E-state index is 12.2. The summed E-state index contributed by atoms with van der Waals surface area (Å²) in [6.07, 6.45) is 1.14. The van der Waals surface area contributed by atoms with Crippen molar-refractivity contribution in [2.75, 3.05) is 5.32 Å². The van der Waals surface area contributed by atoms with Crippen LogP contribution >= 0.6 is 0 Å². The number of carboxylic acid groups (broad SMARTS) is 1. The van der Waals surface area contributed by atoms with Gasteiger partial charge in [0.25, 0.3) is 5.91 Å². The number of aliphatic carboxylic acids is 1. The van der Waals surface area contributed by atoms with Gasteiger partial charge in [0.05, 0.1) is 0 Å². The van der Waals surface area contributed by atoms with Crippen molar-refractivity contribution in [1.29, 1.82) is 0 Å². The molecule has 0 atom stereocenters. The summed E-state index contributed by atoms with van der Waals surface area (Å²) >= 11 is 0. The van der Waals surface area contributed by atoms with Gasteiger partial charge in [-0.3, -0.25) is 4.79 Å². The minimum atomic E-state index is -1.04. The van der Waals surface area contributed by atoms with Gasteiger partial charge in [0, 0.05) is 22.9 Å². The summed E-state index contributed by atoms with van der Waals surface area (Å²) in [6.45, 7) is 0. The second kappa shape index (κ2) is 4.66. The van der Waals surface area contributed by atoms with Gasteiger partial charge in [-0.1, -0.05) is 36.4 Å². The van der Waals surface area contributed by atoms with Crippen LogP contribution in [0.2, 0.25) is 0 Å². The van der Waals surface area contributed by atoms with E-state index in [1.807, 2.05) is 6.07 Å². The summed E-state index contributed by atoms with van der Waals surface area (Å²) in [7, 11) is 0. The molecule has 4 nitrogen and oxygen atoms in total. The number of anilines is 1. The van der Waals surface area contributed by atoms with Crippen molar-refractivity contribution in [3.63, 3.8) is 0 Å². The number of carboxylic acids is 1. The number of fused-ring (bicyclic) bond motifs is 2. The van der Waals surface area contributed by atoms with E-state index in [1.54, 1.807) is 42.5 Å². The number of hydrogen-bond donors (Lipinski definition) is 2. The van der Waals surface area contributed by atoms with E-state index < -0.39 is 5.97 Å². The number of carbonyl (C=O) groups is 2. The molecule has 0 saturated carbocycles. The van der Waals surface area contributed by atoms with Crippen molar-refractivity contribution < 1.29 is 14.7 Å². The number of benzene rings is 2. The van der Waals surface area contributed by atoms with Crippen LogP contribution in [-0.4, -0.2) is 17.0 Å². The van der Waals surface area contributed by atoms with Crippen LogP contribution in [-0.2, 0) is 4.79 Å². The van der Waals surface area contributed by atoms with Crippen molar-refractivity contribution in [3.8, 4) is 0 Å². The van der Waals surface area contributed by atoms with Crippen LogP contribution in [0.25, 0.3) is 5.57 Å². The molecule has 1 aliphatic heterocycles. The summed E-state index contributed by atoms with van der Waals surface area (Å²) in [6, 6.07) is 14.2. The predicted octanol–water partition coefficient (Wildman–Crippen LogP) is 2.77. The van der Waals surface area contributed by atoms with Crippen LogP contribution in [0.5, 0.6) is 0 Å². The minimum Gasteiger partial charge on any atom is -0.478 e. The van der Waals surface area contributed by atoms with Crippen molar-refractivity contribution in [3.05, 3.63) is 71.3 Å². The number of nitrogens with one attached hydrogen (secondary N) is 1. The van der Waals surface area contributed by atoms with Gasteiger partial charge in [-0.05, 0) is 23.3 Å². The minimum absolute atomic E-state index is 0.234. The molecule has 0 spiro atoms. The highest BCUT2D eigenvalue weighted by Gasteiger charge is 2.22. The van der Waals surface area contributed by atoms with E-state index in [-0.39, 0.29) is 5.91 Å². The van der Waals surface area contributed by atoms with Gasteiger partial charge in [0.15, 0.2) is 0 Å². The normalized spacial score (nSPS) is 15.0. The standard InChI is InChI=1S/C16H11NO3/c18-15(19)9-13-10-5-1-2-7-12(10)16(20)17-14-8-4-3-6-11(13)14/h1-9H,(H,17,20)(H,18,19)/b13-9-. The Bertz CT molecular complexity index is 747. The van der Waals surface area contributed by atoms with E-state index in [9.17, 15) is 9.59 Å². The second-order valence-electron chi connectivity index (χ2n) is 4.44. The summed E-state index contributed by atoms with van der Waals surface area (Å²) in [5.41, 5.74) is 2.94. The Kier molecular flexibility index (Phi) is 2.84. The van der Waals surface area contributed by atoms with Gasteiger partial charge in [-0.2, -0.15) is 0 Å². The zero-order valence-corrected chi connectivity index (χ0v) is 10.5. The quantitative estimate of drug-likeness (QED) is 0.779. The lowest BCUT2D eigenvalue weighted by atomic mass is 9.94. The van der Waals surface area contributed by atoms with Crippen LogP contribution in [0.3, 0.4) is 0 Å². The zero-order chi connectivity index (χ0) is 14.1. The fourth-order valence-corrected chi connectivity index (χ4v) is 2.36. The number of para-hydroxylation sites is 1. The summed E-state index contributed by atoms with van der Waals surface area (Å²) in [4.78, 5) is 23.3. The molecule has 0 unspecified atom stereocenters. The lowest BCUT2D eigenvalue weighted by Gasteiger charge is -2.09. The first-order valence-corrected chi connectivity index (χ1v) is 6.11. The molecule has 2 aromatic carbocycles. The Morgan fingerprint density at radius 2 is 1.55 bits per heavy atom. The van der Waals surface area contributed by atoms with Crippen LogP contribution in [0.1, 0.15) is 21.5 Å². The zero-order valence-electron chi connectivity index (χ0n) is 10.5. The van der Waals surface area contributed by atoms with Gasteiger partial charge in [0.1, 0.15) is 0 Å². The molecule has 0 aliphatic carbocycles. The van der Waals surface area contributed by atoms with E-state index in [0.29, 0.717) is 28.0 Å². The fraction of sp³-hybridized carbons (Fsp3) is 0. The van der Waals surface area contributed by atoms with Crippen molar-refractivity contribution in [1.82, 2.24) is 0 Å². The van der Waals surface area contributed by atoms with E-state index in [4.69, 9.17) is 5.11 Å². The van der Waals surface area contributed by atoms with Gasteiger partial charge < -0.3 is 10.4 Å². The number of hydrogen-bond acceptors (Lipinski definition) is 2. The lowest BCUT2D eigenvalue weighted by Crippen LogP contribution is -2.11. The molecule has 0 saturated heterocycles. The van der Waals surface area contributed by atoms with Crippen LogP contribution in [0.4, 0.5) is 5.69 Å². The smallest absolute Gasteiger partial charge is 0.328 e. The first-order chi connectivity index (χ1) is 9.66. The van der Waals surface area contributed by atoms with Gasteiger partial charge in [-0.15, -0.1) is 0 Å². The monoisotopic (exact) mass is 265 g/mol. The molecule has 0 bridgehead atoms. The second-order valence-corrected chi connectivity index (χ2v) is 4.44. The molecular weight excluding hydrogens is 254 g/mol. The van der Waals surface area contributed by atoms with Crippen molar-refractivity contribution in [2.24, 2.45) is 0 Å². The summed E-state index contributed by atoms with van der Waals surface area (Å²) < 4.78 is 0. The molecule has 4 heteroatoms. The first-order valence-electron chi connectivity index (χ1n) is 6.11. The largest absolute Gasteiger partial charge is 0.478 e. The molecule has 1 heterocycles. The van der Waals surface area contributed by atoms with E-state index >= 15 is 0 Å². The molecule has 0 aromatic heterocycles. The topological polar surface area (TPSA) is 66.4 Å². The Morgan fingerprint density at radius 3 is 2.25 bits per heavy atom. The molecule has 98 valence electrons. The number of carbonyl (C=O) groups excluding carboxylic acids is 1. The summed E-state index contributed by atoms with van der Waals surface area (Å²) in [5, 5.41) is 11.9. The van der Waals surface area contributed by atoms with Crippen LogP contribution in [0, 0.1) is 0 Å². The molecular formula is C16H11NO3. The van der Waals surface area contributed by atoms with Crippen molar-refractivity contribution in [2.45, 2.75) is 0 Å². The van der Waals surface area contributed by atoms with Gasteiger partial charge in [0.2, 0.25) is 0 Å². The number of amides is 1. The molecule has 0 fully saturated rings. The third-order valence-corrected chi connectivity index (χ3v) is 3.20. The third kappa shape index (κ3) is 1.97. The average Bonchev–Trinajstić information content (AvgIpc) is 2.55. The molecule has 3 rings (SSSR count). The maximum atomic E-state index is 12.2. The van der Waals surface area contributed by atoms with E-state index in [0.717, 1.165) is 6.08 Å². The first kappa shape index (κ1) is 12.2. The van der Waals surface area contributed by atoms with Crippen molar-refractivity contribution >= 4 is 23.1 Å².